The molecule has 1 amide bonds. The van der Waals surface area contributed by atoms with Gasteiger partial charge in [0, 0.05) is 24.7 Å². The molecule has 1 fully saturated rings. The number of likely N-dealkylation sites (tertiary alicyclic amines) is 1. The monoisotopic (exact) mass is 409 g/mol. The molecule has 6 heteroatoms. The third-order valence-corrected chi connectivity index (χ3v) is 6.51. The molecule has 0 aliphatic carbocycles. The number of nitrogens with two attached hydrogens (primary N) is 1. The van der Waals surface area contributed by atoms with E-state index in [0.29, 0.717) is 18.8 Å². The molecular formula is C23H24FN3OS. The van der Waals surface area contributed by atoms with Crippen molar-refractivity contribution < 1.29 is 9.18 Å². The van der Waals surface area contributed by atoms with Gasteiger partial charge in [-0.2, -0.15) is 0 Å². The maximum atomic E-state index is 13.5. The van der Waals surface area contributed by atoms with Crippen LogP contribution in [0.4, 0.5) is 4.39 Å². The number of rotatable bonds is 4. The largest absolute Gasteiger partial charge is 0.333 e. The summed E-state index contributed by atoms with van der Waals surface area (Å²) in [5, 5.41) is 0.790. The predicted octanol–water partition coefficient (Wildman–Crippen LogP) is 4.88. The Morgan fingerprint density at radius 2 is 2.00 bits per heavy atom. The van der Waals surface area contributed by atoms with Crippen LogP contribution < -0.4 is 5.73 Å². The average Bonchev–Trinajstić information content (AvgIpc) is 3.19. The van der Waals surface area contributed by atoms with E-state index in [1.807, 2.05) is 30.0 Å². The maximum absolute atomic E-state index is 13.5. The minimum atomic E-state index is -0.302. The van der Waals surface area contributed by atoms with E-state index < -0.39 is 0 Å². The maximum Gasteiger partial charge on any atom is 0.274 e. The second kappa shape index (κ2) is 8.43. The molecule has 4 nitrogen and oxygen atoms in total. The van der Waals surface area contributed by atoms with Crippen LogP contribution >= 0.6 is 11.3 Å². The first-order valence-corrected chi connectivity index (χ1v) is 10.7. The smallest absolute Gasteiger partial charge is 0.274 e. The van der Waals surface area contributed by atoms with Crippen molar-refractivity contribution in [3.05, 3.63) is 65.6 Å². The molecule has 2 aromatic carbocycles. The van der Waals surface area contributed by atoms with Crippen molar-refractivity contribution in [1.82, 2.24) is 9.88 Å². The van der Waals surface area contributed by atoms with E-state index in [1.165, 1.54) is 23.5 Å². The van der Waals surface area contributed by atoms with Crippen LogP contribution in [-0.2, 0) is 0 Å². The van der Waals surface area contributed by atoms with Gasteiger partial charge in [-0.05, 0) is 49.9 Å². The summed E-state index contributed by atoms with van der Waals surface area (Å²) in [6, 6.07) is 14.4. The van der Waals surface area contributed by atoms with Crippen LogP contribution in [-0.4, -0.2) is 34.9 Å². The van der Waals surface area contributed by atoms with Crippen LogP contribution in [0.1, 0.15) is 35.3 Å². The first-order chi connectivity index (χ1) is 14.1. The molecule has 0 saturated carbocycles. The summed E-state index contributed by atoms with van der Waals surface area (Å²) in [6.45, 7) is 3.18. The lowest BCUT2D eigenvalue weighted by molar-refractivity contribution is 0.0619. The summed E-state index contributed by atoms with van der Waals surface area (Å²) in [6.07, 6.45) is 2.98. The first kappa shape index (κ1) is 19.7. The van der Waals surface area contributed by atoms with Gasteiger partial charge < -0.3 is 10.6 Å². The Morgan fingerprint density at radius 1 is 1.21 bits per heavy atom. The fourth-order valence-corrected chi connectivity index (χ4v) is 4.87. The summed E-state index contributed by atoms with van der Waals surface area (Å²) in [5.41, 5.74) is 9.27. The molecule has 3 aromatic rings. The Hall–Kier alpha value is -2.57. The fraction of sp³-hybridized carbons (Fsp3) is 0.304. The lowest BCUT2D eigenvalue weighted by atomic mass is 10.0. The number of carbonyl (C=O) groups is 1. The van der Waals surface area contributed by atoms with E-state index in [0.717, 1.165) is 45.8 Å². The number of carbonyl (C=O) groups excluding carboxylic acids is 1. The zero-order valence-corrected chi connectivity index (χ0v) is 17.2. The summed E-state index contributed by atoms with van der Waals surface area (Å²) < 4.78 is 13.5. The van der Waals surface area contributed by atoms with Gasteiger partial charge in [-0.3, -0.25) is 4.79 Å². The Morgan fingerprint density at radius 3 is 2.72 bits per heavy atom. The zero-order chi connectivity index (χ0) is 20.4. The molecule has 1 atom stereocenters. The standard InChI is InChI=1S/C23H24FN3OS/c1-15-5-4-6-17(13-15)22-26-20(21(29-22)16-8-10-18(24)11-9-16)23(28)27-12-3-2-7-19(27)14-25/h4-6,8-11,13,19H,2-3,7,12,14,25H2,1H3. The third kappa shape index (κ3) is 4.09. The molecule has 1 unspecified atom stereocenters. The van der Waals surface area contributed by atoms with Gasteiger partial charge >= 0.3 is 0 Å². The highest BCUT2D eigenvalue weighted by Gasteiger charge is 2.30. The molecule has 0 bridgehead atoms. The van der Waals surface area contributed by atoms with Crippen molar-refractivity contribution in [1.29, 1.82) is 0 Å². The molecule has 1 aliphatic heterocycles. The fourth-order valence-electron chi connectivity index (χ4n) is 3.81. The van der Waals surface area contributed by atoms with Crippen LogP contribution in [0.25, 0.3) is 21.0 Å². The van der Waals surface area contributed by atoms with Gasteiger partial charge in [-0.15, -0.1) is 11.3 Å². The Kier molecular flexibility index (Phi) is 5.74. The van der Waals surface area contributed by atoms with Crippen LogP contribution in [0.15, 0.2) is 48.5 Å². The number of amides is 1. The van der Waals surface area contributed by atoms with Crippen molar-refractivity contribution in [2.45, 2.75) is 32.2 Å². The minimum absolute atomic E-state index is 0.0430. The van der Waals surface area contributed by atoms with E-state index in [1.54, 1.807) is 12.1 Å². The lowest BCUT2D eigenvalue weighted by Gasteiger charge is -2.34. The molecule has 2 N–H and O–H groups in total. The van der Waals surface area contributed by atoms with Crippen LogP contribution in [0, 0.1) is 12.7 Å². The second-order valence-electron chi connectivity index (χ2n) is 7.46. The van der Waals surface area contributed by atoms with E-state index in [9.17, 15) is 9.18 Å². The molecule has 1 saturated heterocycles. The second-order valence-corrected chi connectivity index (χ2v) is 8.46. The summed E-state index contributed by atoms with van der Waals surface area (Å²) in [5.74, 6) is -0.390. The van der Waals surface area contributed by atoms with E-state index in [4.69, 9.17) is 10.7 Å². The molecule has 29 heavy (non-hydrogen) atoms. The van der Waals surface area contributed by atoms with Crippen LogP contribution in [0.5, 0.6) is 0 Å². The molecule has 2 heterocycles. The lowest BCUT2D eigenvalue weighted by Crippen LogP contribution is -2.47. The summed E-state index contributed by atoms with van der Waals surface area (Å²) in [4.78, 5) is 20.9. The number of benzene rings is 2. The van der Waals surface area contributed by atoms with Gasteiger partial charge in [-0.25, -0.2) is 9.37 Å². The van der Waals surface area contributed by atoms with Gasteiger partial charge in [0.2, 0.25) is 0 Å². The van der Waals surface area contributed by atoms with Crippen LogP contribution in [0.3, 0.4) is 0 Å². The van der Waals surface area contributed by atoms with Gasteiger partial charge in [-0.1, -0.05) is 35.9 Å². The highest BCUT2D eigenvalue weighted by Crippen LogP contribution is 2.37. The highest BCUT2D eigenvalue weighted by molar-refractivity contribution is 7.18. The molecule has 0 radical (unpaired) electrons. The molecule has 1 aliphatic rings. The molecule has 0 spiro atoms. The third-order valence-electron chi connectivity index (χ3n) is 5.36. The van der Waals surface area contributed by atoms with E-state index in [-0.39, 0.29) is 17.8 Å². The quantitative estimate of drug-likeness (QED) is 0.668. The van der Waals surface area contributed by atoms with Crippen molar-refractivity contribution in [2.24, 2.45) is 5.73 Å². The highest BCUT2D eigenvalue weighted by atomic mass is 32.1. The normalized spacial score (nSPS) is 16.8. The first-order valence-electron chi connectivity index (χ1n) is 9.91. The Balaban J connectivity index is 1.80. The summed E-state index contributed by atoms with van der Waals surface area (Å²) in [7, 11) is 0. The number of hydrogen-bond donors (Lipinski definition) is 1. The average molecular weight is 410 g/mol. The molecule has 1 aromatic heterocycles. The number of aromatic nitrogens is 1. The van der Waals surface area contributed by atoms with Gasteiger partial charge in [0.15, 0.2) is 0 Å². The SMILES string of the molecule is Cc1cccc(-c2nc(C(=O)N3CCCCC3CN)c(-c3ccc(F)cc3)s2)c1. The van der Waals surface area contributed by atoms with Crippen LogP contribution in [0.2, 0.25) is 0 Å². The Bertz CT molecular complexity index is 1020. The predicted molar refractivity (Wildman–Crippen MR) is 115 cm³/mol. The topological polar surface area (TPSA) is 59.2 Å². The number of hydrogen-bond acceptors (Lipinski definition) is 4. The molecule has 150 valence electrons. The number of aryl methyl sites for hydroxylation is 1. The van der Waals surface area contributed by atoms with Crippen molar-refractivity contribution in [3.63, 3.8) is 0 Å². The number of piperidine rings is 1. The van der Waals surface area contributed by atoms with E-state index in [2.05, 4.69) is 6.07 Å². The number of nitrogens with zero attached hydrogens (tertiary/aromatic N) is 2. The zero-order valence-electron chi connectivity index (χ0n) is 16.4. The van der Waals surface area contributed by atoms with Gasteiger partial charge in [0.25, 0.3) is 5.91 Å². The van der Waals surface area contributed by atoms with Gasteiger partial charge in [0.05, 0.1) is 4.88 Å². The van der Waals surface area contributed by atoms with Gasteiger partial charge in [0.1, 0.15) is 16.5 Å². The summed E-state index contributed by atoms with van der Waals surface area (Å²) >= 11 is 1.47. The number of halogens is 1. The molecule has 4 rings (SSSR count). The number of thiazole rings is 1. The van der Waals surface area contributed by atoms with Crippen molar-refractivity contribution >= 4 is 17.2 Å². The van der Waals surface area contributed by atoms with Crippen molar-refractivity contribution in [2.75, 3.05) is 13.1 Å². The van der Waals surface area contributed by atoms with E-state index >= 15 is 0 Å². The Labute approximate surface area is 174 Å². The minimum Gasteiger partial charge on any atom is -0.333 e. The molecular weight excluding hydrogens is 385 g/mol. The van der Waals surface area contributed by atoms with Crippen molar-refractivity contribution in [3.8, 4) is 21.0 Å².